The lowest BCUT2D eigenvalue weighted by Crippen LogP contribution is -2.38. The second-order valence-electron chi connectivity index (χ2n) is 4.33. The largest absolute Gasteiger partial charge is 0.339 e. The third kappa shape index (κ3) is 2.35. The van der Waals surface area contributed by atoms with Gasteiger partial charge in [0.2, 0.25) is 0 Å². The Morgan fingerprint density at radius 2 is 2.19 bits per heavy atom. The number of nitrogens with zero attached hydrogens (tertiary/aromatic N) is 2. The van der Waals surface area contributed by atoms with Gasteiger partial charge in [0.1, 0.15) is 0 Å². The maximum absolute atomic E-state index is 12.1. The fraction of sp³-hybridized carbons (Fsp3) is 0.500. The van der Waals surface area contributed by atoms with Crippen LogP contribution in [0.15, 0.2) is 18.5 Å². The first kappa shape index (κ1) is 11.4. The third-order valence-electron chi connectivity index (χ3n) is 3.07. The second kappa shape index (κ2) is 4.83. The number of likely N-dealkylation sites (tertiary alicyclic amines) is 1. The van der Waals surface area contributed by atoms with E-state index in [0.29, 0.717) is 16.5 Å². The van der Waals surface area contributed by atoms with E-state index in [1.165, 1.54) is 0 Å². The van der Waals surface area contributed by atoms with Crippen LogP contribution in [0.2, 0.25) is 5.02 Å². The van der Waals surface area contributed by atoms with Gasteiger partial charge in [-0.15, -0.1) is 0 Å². The standard InChI is InChI=1S/C12H15ClN2O/c1-9-3-6-15(7-4-9)12(16)10-8-14-5-2-11(10)13/h2,5,8-9H,3-4,6-7H2,1H3. The van der Waals surface area contributed by atoms with E-state index in [2.05, 4.69) is 11.9 Å². The summed E-state index contributed by atoms with van der Waals surface area (Å²) in [7, 11) is 0. The lowest BCUT2D eigenvalue weighted by Gasteiger charge is -2.30. The van der Waals surface area contributed by atoms with E-state index in [4.69, 9.17) is 11.6 Å². The number of carbonyl (C=O) groups is 1. The van der Waals surface area contributed by atoms with Crippen LogP contribution in [0.1, 0.15) is 30.1 Å². The molecule has 2 heterocycles. The van der Waals surface area contributed by atoms with Gasteiger partial charge < -0.3 is 4.90 Å². The summed E-state index contributed by atoms with van der Waals surface area (Å²) in [4.78, 5) is 17.9. The van der Waals surface area contributed by atoms with E-state index in [9.17, 15) is 4.79 Å². The Balaban J connectivity index is 2.11. The van der Waals surface area contributed by atoms with Crippen molar-refractivity contribution >= 4 is 17.5 Å². The summed E-state index contributed by atoms with van der Waals surface area (Å²) < 4.78 is 0. The second-order valence-corrected chi connectivity index (χ2v) is 4.74. The molecule has 0 spiro atoms. The van der Waals surface area contributed by atoms with Crippen molar-refractivity contribution in [2.45, 2.75) is 19.8 Å². The number of amides is 1. The van der Waals surface area contributed by atoms with Crippen molar-refractivity contribution in [3.8, 4) is 0 Å². The molecule has 1 aliphatic rings. The quantitative estimate of drug-likeness (QED) is 0.754. The zero-order valence-electron chi connectivity index (χ0n) is 9.32. The van der Waals surface area contributed by atoms with Crippen molar-refractivity contribution in [3.63, 3.8) is 0 Å². The smallest absolute Gasteiger partial charge is 0.256 e. The molecule has 0 aromatic carbocycles. The number of carbonyl (C=O) groups excluding carboxylic acids is 1. The van der Waals surface area contributed by atoms with Crippen molar-refractivity contribution in [1.29, 1.82) is 0 Å². The summed E-state index contributed by atoms with van der Waals surface area (Å²) in [5.74, 6) is 0.721. The number of hydrogen-bond donors (Lipinski definition) is 0. The van der Waals surface area contributed by atoms with Crippen molar-refractivity contribution < 1.29 is 4.79 Å². The van der Waals surface area contributed by atoms with Crippen LogP contribution in [0.4, 0.5) is 0 Å². The van der Waals surface area contributed by atoms with Crippen LogP contribution in [-0.2, 0) is 0 Å². The van der Waals surface area contributed by atoms with Crippen molar-refractivity contribution in [2.75, 3.05) is 13.1 Å². The predicted molar refractivity (Wildman–Crippen MR) is 63.5 cm³/mol. The molecule has 16 heavy (non-hydrogen) atoms. The van der Waals surface area contributed by atoms with Crippen LogP contribution < -0.4 is 0 Å². The maximum atomic E-state index is 12.1. The molecule has 2 rings (SSSR count). The molecule has 0 bridgehead atoms. The van der Waals surface area contributed by atoms with Gasteiger partial charge in [-0.25, -0.2) is 0 Å². The molecular formula is C12H15ClN2O. The van der Waals surface area contributed by atoms with Crippen LogP contribution in [0.5, 0.6) is 0 Å². The number of piperidine rings is 1. The topological polar surface area (TPSA) is 33.2 Å². The highest BCUT2D eigenvalue weighted by atomic mass is 35.5. The minimum Gasteiger partial charge on any atom is -0.339 e. The molecule has 3 nitrogen and oxygen atoms in total. The molecule has 0 saturated carbocycles. The molecule has 4 heteroatoms. The molecule has 0 N–H and O–H groups in total. The van der Waals surface area contributed by atoms with E-state index in [-0.39, 0.29) is 5.91 Å². The average Bonchev–Trinajstić information content (AvgIpc) is 2.30. The highest BCUT2D eigenvalue weighted by Gasteiger charge is 2.22. The molecule has 1 aromatic heterocycles. The summed E-state index contributed by atoms with van der Waals surface area (Å²) in [6, 6.07) is 1.65. The molecule has 0 atom stereocenters. The number of halogens is 1. The predicted octanol–water partition coefficient (Wildman–Crippen LogP) is 2.61. The average molecular weight is 239 g/mol. The molecule has 1 aliphatic heterocycles. The summed E-state index contributed by atoms with van der Waals surface area (Å²) >= 11 is 5.98. The first-order valence-electron chi connectivity index (χ1n) is 5.57. The fourth-order valence-corrected chi connectivity index (χ4v) is 2.10. The SMILES string of the molecule is CC1CCN(C(=O)c2cnccc2Cl)CC1. The van der Waals surface area contributed by atoms with Gasteiger partial charge in [0, 0.05) is 25.5 Å². The number of rotatable bonds is 1. The first-order valence-corrected chi connectivity index (χ1v) is 5.95. The summed E-state index contributed by atoms with van der Waals surface area (Å²) in [6.07, 6.45) is 5.29. The van der Waals surface area contributed by atoms with Gasteiger partial charge in [-0.1, -0.05) is 18.5 Å². The lowest BCUT2D eigenvalue weighted by atomic mass is 9.99. The van der Waals surface area contributed by atoms with Gasteiger partial charge >= 0.3 is 0 Å². The molecular weight excluding hydrogens is 224 g/mol. The van der Waals surface area contributed by atoms with Crippen molar-refractivity contribution in [1.82, 2.24) is 9.88 Å². The Bertz CT molecular complexity index is 386. The highest BCUT2D eigenvalue weighted by Crippen LogP contribution is 2.21. The first-order chi connectivity index (χ1) is 7.68. The van der Waals surface area contributed by atoms with Crippen molar-refractivity contribution in [2.24, 2.45) is 5.92 Å². The number of pyridine rings is 1. The van der Waals surface area contributed by atoms with E-state index >= 15 is 0 Å². The molecule has 1 aromatic rings. The molecule has 0 unspecified atom stereocenters. The highest BCUT2D eigenvalue weighted by molar-refractivity contribution is 6.33. The van der Waals surface area contributed by atoms with Gasteiger partial charge in [0.05, 0.1) is 10.6 Å². The van der Waals surface area contributed by atoms with Gasteiger partial charge in [0.25, 0.3) is 5.91 Å². The molecule has 0 aliphatic carbocycles. The summed E-state index contributed by atoms with van der Waals surface area (Å²) in [6.45, 7) is 3.87. The Kier molecular flexibility index (Phi) is 3.44. The summed E-state index contributed by atoms with van der Waals surface area (Å²) in [5.41, 5.74) is 0.513. The van der Waals surface area contributed by atoms with Gasteiger partial charge in [0.15, 0.2) is 0 Å². The van der Waals surface area contributed by atoms with Crippen LogP contribution >= 0.6 is 11.6 Å². The van der Waals surface area contributed by atoms with E-state index in [1.54, 1.807) is 18.5 Å². The Labute approximate surface area is 100 Å². The monoisotopic (exact) mass is 238 g/mol. The zero-order chi connectivity index (χ0) is 11.5. The van der Waals surface area contributed by atoms with E-state index in [0.717, 1.165) is 25.9 Å². The Morgan fingerprint density at radius 1 is 1.50 bits per heavy atom. The zero-order valence-corrected chi connectivity index (χ0v) is 10.1. The van der Waals surface area contributed by atoms with Crippen LogP contribution in [0, 0.1) is 5.92 Å². The van der Waals surface area contributed by atoms with Crippen LogP contribution in [0.3, 0.4) is 0 Å². The van der Waals surface area contributed by atoms with E-state index in [1.807, 2.05) is 4.90 Å². The molecule has 1 amide bonds. The van der Waals surface area contributed by atoms with Gasteiger partial charge in [-0.2, -0.15) is 0 Å². The third-order valence-corrected chi connectivity index (χ3v) is 3.40. The number of hydrogen-bond acceptors (Lipinski definition) is 2. The van der Waals surface area contributed by atoms with E-state index < -0.39 is 0 Å². The Morgan fingerprint density at radius 3 is 2.81 bits per heavy atom. The normalized spacial score (nSPS) is 17.5. The summed E-state index contributed by atoms with van der Waals surface area (Å²) in [5, 5.41) is 0.485. The molecule has 86 valence electrons. The molecule has 0 radical (unpaired) electrons. The maximum Gasteiger partial charge on any atom is 0.256 e. The number of aromatic nitrogens is 1. The Hall–Kier alpha value is -1.09. The minimum atomic E-state index is 0.00463. The fourth-order valence-electron chi connectivity index (χ4n) is 1.92. The molecule has 1 saturated heterocycles. The van der Waals surface area contributed by atoms with Gasteiger partial charge in [-0.05, 0) is 24.8 Å². The van der Waals surface area contributed by atoms with Crippen LogP contribution in [0.25, 0.3) is 0 Å². The molecule has 1 fully saturated rings. The lowest BCUT2D eigenvalue weighted by molar-refractivity contribution is 0.0697. The van der Waals surface area contributed by atoms with Crippen LogP contribution in [-0.4, -0.2) is 28.9 Å². The van der Waals surface area contributed by atoms with Gasteiger partial charge in [-0.3, -0.25) is 9.78 Å². The minimum absolute atomic E-state index is 0.00463. The van der Waals surface area contributed by atoms with Crippen molar-refractivity contribution in [3.05, 3.63) is 29.0 Å².